The predicted molar refractivity (Wildman–Crippen MR) is 138 cm³/mol. The summed E-state index contributed by atoms with van der Waals surface area (Å²) in [4.78, 5) is 21.3. The van der Waals surface area contributed by atoms with Crippen molar-refractivity contribution in [3.05, 3.63) is 69.2 Å². The summed E-state index contributed by atoms with van der Waals surface area (Å²) in [5.41, 5.74) is -2.05. The van der Waals surface area contributed by atoms with Crippen LogP contribution in [0, 0.1) is 28.4 Å². The van der Waals surface area contributed by atoms with Crippen LogP contribution >= 0.6 is 23.2 Å². The van der Waals surface area contributed by atoms with Crippen LogP contribution in [0.1, 0.15) is 57.1 Å². The number of hydrogen-bond acceptors (Lipinski definition) is 4. The minimum atomic E-state index is -5.08. The molecule has 0 bridgehead atoms. The maximum atomic E-state index is 15.4. The van der Waals surface area contributed by atoms with Gasteiger partial charge in [-0.25, -0.2) is 13.6 Å². The summed E-state index contributed by atoms with van der Waals surface area (Å²) in [6, 6.07) is 8.31. The van der Waals surface area contributed by atoms with Gasteiger partial charge in [0.15, 0.2) is 0 Å². The van der Waals surface area contributed by atoms with E-state index in [1.54, 1.807) is 0 Å². The first kappa shape index (κ1) is 33.3. The molecule has 2 aromatic carbocycles. The number of benzene rings is 2. The van der Waals surface area contributed by atoms with Crippen molar-refractivity contribution < 1.29 is 41.8 Å². The Morgan fingerprint density at radius 3 is 2.12 bits per heavy atom. The summed E-state index contributed by atoms with van der Waals surface area (Å²) in [5.74, 6) is -6.82. The summed E-state index contributed by atoms with van der Waals surface area (Å²) >= 11 is 12.0. The molecule has 0 spiro atoms. The normalized spacial score (nSPS) is 22.7. The van der Waals surface area contributed by atoms with E-state index in [2.05, 4.69) is 11.4 Å². The monoisotopic (exact) mass is 608 g/mol. The van der Waals surface area contributed by atoms with Gasteiger partial charge in [-0.15, -0.1) is 0 Å². The van der Waals surface area contributed by atoms with Crippen molar-refractivity contribution in [2.75, 3.05) is 0 Å². The van der Waals surface area contributed by atoms with Gasteiger partial charge in [-0.05, 0) is 35.6 Å². The quantitative estimate of drug-likeness (QED) is 0.289. The fourth-order valence-electron chi connectivity index (χ4n) is 4.96. The molecule has 1 aliphatic rings. The van der Waals surface area contributed by atoms with Crippen LogP contribution in [0.5, 0.6) is 0 Å². The maximum Gasteiger partial charge on any atom is 0.490 e. The minimum Gasteiger partial charge on any atom is -0.480 e. The van der Waals surface area contributed by atoms with Crippen LogP contribution in [-0.2, 0) is 15.0 Å². The van der Waals surface area contributed by atoms with Crippen molar-refractivity contribution in [2.45, 2.75) is 69.6 Å². The van der Waals surface area contributed by atoms with Gasteiger partial charge in [0.25, 0.3) is 0 Å². The van der Waals surface area contributed by atoms with Gasteiger partial charge < -0.3 is 10.2 Å². The van der Waals surface area contributed by atoms with Gasteiger partial charge in [-0.3, -0.25) is 10.1 Å². The molecule has 13 heteroatoms. The van der Waals surface area contributed by atoms with Gasteiger partial charge in [0, 0.05) is 22.5 Å². The number of hydrogen-bond donors (Lipinski definition) is 3. The Hall–Kier alpha value is -2.94. The van der Waals surface area contributed by atoms with Crippen LogP contribution < -0.4 is 5.32 Å². The van der Waals surface area contributed by atoms with Gasteiger partial charge >= 0.3 is 18.1 Å². The first-order valence-electron chi connectivity index (χ1n) is 12.1. The number of nitrogens with one attached hydrogen (secondary N) is 1. The number of halogens is 7. The van der Waals surface area contributed by atoms with Crippen molar-refractivity contribution in [1.82, 2.24) is 5.32 Å². The molecular weight excluding hydrogens is 582 g/mol. The number of rotatable bonds is 7. The van der Waals surface area contributed by atoms with E-state index >= 15 is 8.78 Å². The molecule has 6 nitrogen and oxygen atoms in total. The van der Waals surface area contributed by atoms with E-state index in [1.165, 1.54) is 30.3 Å². The molecule has 218 valence electrons. The summed E-state index contributed by atoms with van der Waals surface area (Å²) in [5, 5.41) is 30.8. The zero-order valence-corrected chi connectivity index (χ0v) is 23.1. The molecule has 1 saturated heterocycles. The molecule has 4 atom stereocenters. The third-order valence-corrected chi connectivity index (χ3v) is 8.07. The number of alkyl halides is 3. The molecule has 0 aliphatic carbocycles. The summed E-state index contributed by atoms with van der Waals surface area (Å²) < 4.78 is 62.4. The average Bonchev–Trinajstić information content (AvgIpc) is 3.19. The predicted octanol–water partition coefficient (Wildman–Crippen LogP) is 7.09. The van der Waals surface area contributed by atoms with Crippen LogP contribution in [0.25, 0.3) is 0 Å². The number of aliphatic carboxylic acids is 2. The molecule has 0 aromatic heterocycles. The number of nitrogens with zero attached hydrogens (tertiary/aromatic N) is 1. The highest BCUT2D eigenvalue weighted by atomic mass is 35.5. The Morgan fingerprint density at radius 1 is 1.10 bits per heavy atom. The van der Waals surface area contributed by atoms with E-state index in [4.69, 9.17) is 33.1 Å². The van der Waals surface area contributed by atoms with E-state index in [1.807, 2.05) is 20.8 Å². The van der Waals surface area contributed by atoms with Crippen LogP contribution in [0.4, 0.5) is 22.0 Å². The third kappa shape index (κ3) is 6.67. The van der Waals surface area contributed by atoms with E-state index in [0.29, 0.717) is 6.42 Å². The average molecular weight is 609 g/mol. The molecule has 0 saturated carbocycles. The maximum absolute atomic E-state index is 15.4. The molecule has 3 rings (SSSR count). The molecule has 1 fully saturated rings. The molecule has 1 aliphatic heterocycles. The Labute approximate surface area is 237 Å². The van der Waals surface area contributed by atoms with Gasteiger partial charge in [0.2, 0.25) is 0 Å². The van der Waals surface area contributed by atoms with Gasteiger partial charge in [0.1, 0.15) is 23.1 Å². The van der Waals surface area contributed by atoms with Crippen molar-refractivity contribution in [1.29, 1.82) is 5.26 Å². The highest BCUT2D eigenvalue weighted by molar-refractivity contribution is 6.31. The number of nitriles is 1. The van der Waals surface area contributed by atoms with E-state index < -0.39 is 53.2 Å². The molecule has 0 radical (unpaired) electrons. The highest BCUT2D eigenvalue weighted by Crippen LogP contribution is 2.53. The Morgan fingerprint density at radius 2 is 1.68 bits per heavy atom. The zero-order chi connectivity index (χ0) is 30.6. The van der Waals surface area contributed by atoms with Crippen molar-refractivity contribution >= 4 is 35.1 Å². The Kier molecular flexibility index (Phi) is 10.6. The topological polar surface area (TPSA) is 110 Å². The minimum absolute atomic E-state index is 0.0189. The third-order valence-electron chi connectivity index (χ3n) is 7.55. The van der Waals surface area contributed by atoms with Gasteiger partial charge in [0.05, 0.1) is 11.1 Å². The van der Waals surface area contributed by atoms with E-state index in [-0.39, 0.29) is 26.6 Å². The molecule has 2 aromatic rings. The number of carboxylic acids is 2. The van der Waals surface area contributed by atoms with Crippen LogP contribution in [0.15, 0.2) is 36.4 Å². The van der Waals surface area contributed by atoms with Gasteiger partial charge in [-0.2, -0.15) is 18.4 Å². The number of carbonyl (C=O) groups is 2. The fourth-order valence-corrected chi connectivity index (χ4v) is 5.30. The molecule has 0 unspecified atom stereocenters. The second-order valence-corrected chi connectivity index (χ2v) is 10.6. The van der Waals surface area contributed by atoms with Crippen LogP contribution in [0.3, 0.4) is 0 Å². The van der Waals surface area contributed by atoms with E-state index in [9.17, 15) is 28.3 Å². The summed E-state index contributed by atoms with van der Waals surface area (Å²) in [7, 11) is 0. The highest BCUT2D eigenvalue weighted by Gasteiger charge is 2.61. The van der Waals surface area contributed by atoms with Crippen molar-refractivity contribution in [2.24, 2.45) is 5.41 Å². The SMILES string of the molecule is CCC(C)(CC)C[C@@H]1N[C@@H](C(=O)O)[C@H](c2cccc(Cl)c2F)[C@@]1(C#N)c1ccc(Cl)cc1F.O=C(O)C(F)(F)F. The lowest BCUT2D eigenvalue weighted by Crippen LogP contribution is -2.45. The van der Waals surface area contributed by atoms with Crippen molar-refractivity contribution in [3.63, 3.8) is 0 Å². The molecule has 0 amide bonds. The standard InChI is InChI=1S/C25H26Cl2F2N2O2.C2HF3O2/c1-4-24(3,5-2)12-19-25(13-30,16-10-9-14(26)11-18(16)28)20(22(31-19)23(32)33)15-7-6-8-17(27)21(15)29;3-2(4,5)1(6)7/h6-11,19-20,22,31H,4-5,12H2,1-3H3,(H,32,33);(H,6,7)/t19-,20-,22+,25-;/m0./s1. The lowest BCUT2D eigenvalue weighted by Gasteiger charge is -2.39. The molecule has 3 N–H and O–H groups in total. The van der Waals surface area contributed by atoms with Crippen LogP contribution in [-0.4, -0.2) is 40.4 Å². The molecular formula is C27H27Cl2F5N2O4. The smallest absolute Gasteiger partial charge is 0.480 e. The molecule has 1 heterocycles. The second-order valence-electron chi connectivity index (χ2n) is 9.79. The summed E-state index contributed by atoms with van der Waals surface area (Å²) in [6.45, 7) is 6.06. The Balaban J connectivity index is 0.000000708. The first-order chi connectivity index (χ1) is 18.5. The first-order valence-corrected chi connectivity index (χ1v) is 12.8. The van der Waals surface area contributed by atoms with Gasteiger partial charge in [-0.1, -0.05) is 75.0 Å². The fraction of sp³-hybridized carbons (Fsp3) is 0.444. The lowest BCUT2D eigenvalue weighted by atomic mass is 9.62. The summed E-state index contributed by atoms with van der Waals surface area (Å²) in [6.07, 6.45) is -3.17. The van der Waals surface area contributed by atoms with E-state index in [0.717, 1.165) is 18.9 Å². The largest absolute Gasteiger partial charge is 0.490 e. The second kappa shape index (κ2) is 12.7. The van der Waals surface area contributed by atoms with Crippen LogP contribution in [0.2, 0.25) is 10.0 Å². The lowest BCUT2D eigenvalue weighted by molar-refractivity contribution is -0.192. The van der Waals surface area contributed by atoms with Crippen molar-refractivity contribution in [3.8, 4) is 6.07 Å². The zero-order valence-electron chi connectivity index (χ0n) is 21.6. The molecule has 40 heavy (non-hydrogen) atoms. The Bertz CT molecular complexity index is 1300. The number of carboxylic acid groups (broad SMARTS) is 2.